The van der Waals surface area contributed by atoms with E-state index in [4.69, 9.17) is 4.74 Å². The number of H-pyrrole nitrogens is 1. The third kappa shape index (κ3) is 2.25. The third-order valence-electron chi connectivity index (χ3n) is 4.21. The molecule has 120 valence electrons. The lowest BCUT2D eigenvalue weighted by Crippen LogP contribution is -2.17. The molecule has 0 aliphatic heterocycles. The number of para-hydroxylation sites is 1. The summed E-state index contributed by atoms with van der Waals surface area (Å²) in [7, 11) is 1.67. The highest BCUT2D eigenvalue weighted by molar-refractivity contribution is 6.09. The fraction of sp³-hybridized carbons (Fsp3) is 0.158. The zero-order chi connectivity index (χ0) is 16.5. The second kappa shape index (κ2) is 5.85. The Labute approximate surface area is 139 Å². The van der Waals surface area contributed by atoms with Crippen molar-refractivity contribution in [2.45, 2.75) is 6.92 Å². The van der Waals surface area contributed by atoms with Crippen LogP contribution in [0.3, 0.4) is 0 Å². The summed E-state index contributed by atoms with van der Waals surface area (Å²) >= 11 is 0. The molecule has 5 nitrogen and oxygen atoms in total. The van der Waals surface area contributed by atoms with Crippen molar-refractivity contribution < 1.29 is 4.74 Å². The molecule has 0 saturated heterocycles. The molecule has 0 saturated carbocycles. The van der Waals surface area contributed by atoms with Crippen LogP contribution in [0.2, 0.25) is 0 Å². The molecule has 0 unspecified atom stereocenters. The highest BCUT2D eigenvalue weighted by atomic mass is 16.5. The summed E-state index contributed by atoms with van der Waals surface area (Å²) in [6, 6.07) is 16.2. The maximum Gasteiger partial charge on any atom is 0.160 e. The van der Waals surface area contributed by atoms with Crippen molar-refractivity contribution in [2.75, 3.05) is 18.6 Å². The molecule has 2 heterocycles. The maximum absolute atomic E-state index is 5.34. The number of hydrogen-bond donors (Lipinski definition) is 1. The van der Waals surface area contributed by atoms with E-state index < -0.39 is 0 Å². The molecule has 4 aromatic rings. The fourth-order valence-electron chi connectivity index (χ4n) is 3.05. The van der Waals surface area contributed by atoms with E-state index >= 15 is 0 Å². The highest BCUT2D eigenvalue weighted by Crippen LogP contribution is 2.33. The van der Waals surface area contributed by atoms with Crippen LogP contribution in [0.5, 0.6) is 5.75 Å². The molecule has 0 fully saturated rings. The Morgan fingerprint density at radius 1 is 1.08 bits per heavy atom. The number of aromatic nitrogens is 3. The first-order valence-corrected chi connectivity index (χ1v) is 7.95. The summed E-state index contributed by atoms with van der Waals surface area (Å²) in [5, 5.41) is 1.04. The number of aromatic amines is 1. The summed E-state index contributed by atoms with van der Waals surface area (Å²) < 4.78 is 5.34. The Hall–Kier alpha value is -3.08. The number of nitrogens with one attached hydrogen (secondary N) is 1. The van der Waals surface area contributed by atoms with Gasteiger partial charge in [-0.25, -0.2) is 9.97 Å². The predicted octanol–water partition coefficient (Wildman–Crippen LogP) is 4.28. The second-order valence-corrected chi connectivity index (χ2v) is 5.54. The second-order valence-electron chi connectivity index (χ2n) is 5.54. The Morgan fingerprint density at radius 3 is 2.67 bits per heavy atom. The number of rotatable bonds is 4. The molecule has 0 spiro atoms. The normalized spacial score (nSPS) is 11.1. The lowest BCUT2D eigenvalue weighted by molar-refractivity contribution is 0.415. The minimum absolute atomic E-state index is 0.814. The largest absolute Gasteiger partial charge is 0.497 e. The van der Waals surface area contributed by atoms with Gasteiger partial charge < -0.3 is 14.6 Å². The molecule has 2 aromatic carbocycles. The predicted molar refractivity (Wildman–Crippen MR) is 97.1 cm³/mol. The number of benzene rings is 2. The molecular weight excluding hydrogens is 300 g/mol. The van der Waals surface area contributed by atoms with Gasteiger partial charge in [0.15, 0.2) is 5.82 Å². The SMILES string of the molecule is CCN(c1ccccc1)c1ncnc2c1[nH]c1ccc(OC)cc12. The number of anilines is 2. The van der Waals surface area contributed by atoms with Crippen LogP contribution < -0.4 is 9.64 Å². The zero-order valence-corrected chi connectivity index (χ0v) is 13.7. The van der Waals surface area contributed by atoms with Crippen LogP contribution >= 0.6 is 0 Å². The van der Waals surface area contributed by atoms with Gasteiger partial charge in [0.1, 0.15) is 23.1 Å². The van der Waals surface area contributed by atoms with Crippen molar-refractivity contribution in [3.05, 3.63) is 54.9 Å². The quantitative estimate of drug-likeness (QED) is 0.610. The third-order valence-corrected chi connectivity index (χ3v) is 4.21. The van der Waals surface area contributed by atoms with E-state index in [-0.39, 0.29) is 0 Å². The fourth-order valence-corrected chi connectivity index (χ4v) is 3.05. The van der Waals surface area contributed by atoms with Gasteiger partial charge in [-0.15, -0.1) is 0 Å². The summed E-state index contributed by atoms with van der Waals surface area (Å²) in [5.41, 5.74) is 3.97. The number of nitrogens with zero attached hydrogens (tertiary/aromatic N) is 3. The molecule has 0 aliphatic rings. The first kappa shape index (κ1) is 14.5. The maximum atomic E-state index is 5.34. The van der Waals surface area contributed by atoms with Crippen LogP contribution in [0.4, 0.5) is 11.5 Å². The van der Waals surface area contributed by atoms with Gasteiger partial charge in [-0.2, -0.15) is 0 Å². The average molecular weight is 318 g/mol. The van der Waals surface area contributed by atoms with Gasteiger partial charge >= 0.3 is 0 Å². The van der Waals surface area contributed by atoms with Gasteiger partial charge in [0.25, 0.3) is 0 Å². The Bertz CT molecular complexity index is 994. The van der Waals surface area contributed by atoms with Gasteiger partial charge in [-0.1, -0.05) is 18.2 Å². The van der Waals surface area contributed by atoms with Gasteiger partial charge in [0.05, 0.1) is 7.11 Å². The minimum atomic E-state index is 0.814. The van der Waals surface area contributed by atoms with Crippen molar-refractivity contribution in [1.29, 1.82) is 0 Å². The topological polar surface area (TPSA) is 54.0 Å². The first-order valence-electron chi connectivity index (χ1n) is 7.95. The molecule has 0 radical (unpaired) electrons. The van der Waals surface area contributed by atoms with Crippen LogP contribution in [0, 0.1) is 0 Å². The van der Waals surface area contributed by atoms with Crippen LogP contribution in [-0.2, 0) is 0 Å². The van der Waals surface area contributed by atoms with Crippen LogP contribution in [-0.4, -0.2) is 28.6 Å². The summed E-state index contributed by atoms with van der Waals surface area (Å²) in [6.45, 7) is 2.93. The first-order chi connectivity index (χ1) is 11.8. The molecule has 0 bridgehead atoms. The van der Waals surface area contributed by atoms with Crippen molar-refractivity contribution in [2.24, 2.45) is 0 Å². The molecule has 0 atom stereocenters. The lowest BCUT2D eigenvalue weighted by Gasteiger charge is -2.22. The Kier molecular flexibility index (Phi) is 3.54. The van der Waals surface area contributed by atoms with Gasteiger partial charge in [0.2, 0.25) is 0 Å². The molecule has 0 aliphatic carbocycles. The molecular formula is C19H18N4O. The number of fused-ring (bicyclic) bond motifs is 3. The molecule has 5 heteroatoms. The molecule has 2 aromatic heterocycles. The van der Waals surface area contributed by atoms with Crippen LogP contribution in [0.15, 0.2) is 54.9 Å². The summed E-state index contributed by atoms with van der Waals surface area (Å²) in [4.78, 5) is 14.7. The van der Waals surface area contributed by atoms with Gasteiger partial charge in [0, 0.05) is 23.1 Å². The Balaban J connectivity index is 1.95. The number of methoxy groups -OCH3 is 1. The van der Waals surface area contributed by atoms with Crippen LogP contribution in [0.25, 0.3) is 21.9 Å². The molecule has 24 heavy (non-hydrogen) atoms. The summed E-state index contributed by atoms with van der Waals surface area (Å²) in [6.07, 6.45) is 1.62. The van der Waals surface area contributed by atoms with Crippen molar-refractivity contribution in [3.63, 3.8) is 0 Å². The van der Waals surface area contributed by atoms with Gasteiger partial charge in [-0.05, 0) is 37.3 Å². The van der Waals surface area contributed by atoms with E-state index in [1.807, 2.05) is 36.4 Å². The number of ether oxygens (including phenoxy) is 1. The minimum Gasteiger partial charge on any atom is -0.497 e. The zero-order valence-electron chi connectivity index (χ0n) is 13.7. The van der Waals surface area contributed by atoms with E-state index in [2.05, 4.69) is 38.9 Å². The number of hydrogen-bond acceptors (Lipinski definition) is 4. The smallest absolute Gasteiger partial charge is 0.160 e. The average Bonchev–Trinajstić information content (AvgIpc) is 3.02. The monoisotopic (exact) mass is 318 g/mol. The van der Waals surface area contributed by atoms with Crippen molar-refractivity contribution >= 4 is 33.4 Å². The van der Waals surface area contributed by atoms with E-state index in [0.29, 0.717) is 0 Å². The van der Waals surface area contributed by atoms with E-state index in [0.717, 1.165) is 45.7 Å². The van der Waals surface area contributed by atoms with Crippen molar-refractivity contribution in [3.8, 4) is 5.75 Å². The van der Waals surface area contributed by atoms with E-state index in [1.54, 1.807) is 13.4 Å². The standard InChI is InChI=1S/C19H18N4O/c1-3-23(13-7-5-4-6-8-13)19-18-17(20-12-21-19)15-11-14(24-2)9-10-16(15)22-18/h4-12,22H,3H2,1-2H3. The van der Waals surface area contributed by atoms with Gasteiger partial charge in [-0.3, -0.25) is 0 Å². The molecule has 0 amide bonds. The lowest BCUT2D eigenvalue weighted by atomic mass is 10.2. The highest BCUT2D eigenvalue weighted by Gasteiger charge is 2.16. The molecule has 1 N–H and O–H groups in total. The van der Waals surface area contributed by atoms with Crippen molar-refractivity contribution in [1.82, 2.24) is 15.0 Å². The van der Waals surface area contributed by atoms with E-state index in [9.17, 15) is 0 Å². The Morgan fingerprint density at radius 2 is 1.92 bits per heavy atom. The summed E-state index contributed by atoms with van der Waals surface area (Å²) in [5.74, 6) is 1.70. The van der Waals surface area contributed by atoms with Crippen LogP contribution in [0.1, 0.15) is 6.92 Å². The molecule has 4 rings (SSSR count). The van der Waals surface area contributed by atoms with E-state index in [1.165, 1.54) is 0 Å².